The quantitative estimate of drug-likeness (QED) is 0.637. The maximum absolute atomic E-state index is 12.4. The molecule has 1 aromatic carbocycles. The van der Waals surface area contributed by atoms with Crippen LogP contribution in [0.4, 0.5) is 16.2 Å². The summed E-state index contributed by atoms with van der Waals surface area (Å²) in [6.45, 7) is 4.47. The number of nitrogens with zero attached hydrogens (tertiary/aromatic N) is 1. The van der Waals surface area contributed by atoms with E-state index in [9.17, 15) is 9.59 Å². The molecule has 6 heteroatoms. The second kappa shape index (κ2) is 4.80. The van der Waals surface area contributed by atoms with Crippen molar-refractivity contribution in [2.75, 3.05) is 30.7 Å². The van der Waals surface area contributed by atoms with Crippen molar-refractivity contribution >= 4 is 23.4 Å². The van der Waals surface area contributed by atoms with Gasteiger partial charge in [-0.25, -0.2) is 4.79 Å². The number of hydrogen-bond donors (Lipinski definition) is 2. The van der Waals surface area contributed by atoms with Crippen molar-refractivity contribution in [2.45, 2.75) is 11.8 Å². The highest BCUT2D eigenvalue weighted by Crippen LogP contribution is 2.44. The number of carbonyl (C=O) groups is 2. The molecule has 0 bridgehead atoms. The highest BCUT2D eigenvalue weighted by molar-refractivity contribution is 6.07. The molecule has 2 aliphatic rings. The number of anilines is 2. The van der Waals surface area contributed by atoms with E-state index in [1.54, 1.807) is 17.0 Å². The van der Waals surface area contributed by atoms with E-state index in [-0.39, 0.29) is 12.5 Å². The van der Waals surface area contributed by atoms with Crippen molar-refractivity contribution in [2.24, 2.45) is 0 Å². The van der Waals surface area contributed by atoms with Gasteiger partial charge in [0.25, 0.3) is 0 Å². The molecule has 2 aliphatic heterocycles. The highest BCUT2D eigenvalue weighted by Gasteiger charge is 2.52. The third-order valence-electron chi connectivity index (χ3n) is 4.09. The number of likely N-dealkylation sites (tertiary alicyclic amines) is 1. The van der Waals surface area contributed by atoms with Crippen molar-refractivity contribution in [1.29, 1.82) is 0 Å². The molecule has 1 spiro atoms. The van der Waals surface area contributed by atoms with E-state index in [0.29, 0.717) is 25.2 Å². The summed E-state index contributed by atoms with van der Waals surface area (Å²) < 4.78 is 5.04. The zero-order chi connectivity index (χ0) is 15.0. The number of nitrogens with two attached hydrogens (primary N) is 1. The van der Waals surface area contributed by atoms with Crippen LogP contribution in [0.25, 0.3) is 0 Å². The summed E-state index contributed by atoms with van der Waals surface area (Å²) >= 11 is 0. The second-order valence-electron chi connectivity index (χ2n) is 5.38. The highest BCUT2D eigenvalue weighted by atomic mass is 16.6. The van der Waals surface area contributed by atoms with Gasteiger partial charge in [0.1, 0.15) is 6.61 Å². The van der Waals surface area contributed by atoms with Crippen LogP contribution < -0.4 is 11.1 Å². The second-order valence-corrected chi connectivity index (χ2v) is 5.38. The van der Waals surface area contributed by atoms with Crippen molar-refractivity contribution in [1.82, 2.24) is 4.90 Å². The molecule has 0 aromatic heterocycles. The SMILES string of the molecule is C=CCOC(=O)N1CCC2(C1)C(=O)Nc1ccc(N)cc12. The van der Waals surface area contributed by atoms with Gasteiger partial charge in [-0.1, -0.05) is 12.7 Å². The maximum atomic E-state index is 12.4. The molecule has 110 valence electrons. The normalized spacial score (nSPS) is 23.0. The van der Waals surface area contributed by atoms with Crippen molar-refractivity contribution < 1.29 is 14.3 Å². The lowest BCUT2D eigenvalue weighted by molar-refractivity contribution is -0.120. The Bertz CT molecular complexity index is 629. The minimum absolute atomic E-state index is 0.0814. The van der Waals surface area contributed by atoms with E-state index >= 15 is 0 Å². The first-order chi connectivity index (χ1) is 10.1. The molecule has 6 nitrogen and oxygen atoms in total. The lowest BCUT2D eigenvalue weighted by atomic mass is 9.81. The first kappa shape index (κ1) is 13.5. The van der Waals surface area contributed by atoms with Crippen LogP contribution >= 0.6 is 0 Å². The fourth-order valence-electron chi connectivity index (χ4n) is 3.02. The van der Waals surface area contributed by atoms with Gasteiger partial charge in [-0.3, -0.25) is 4.79 Å². The lowest BCUT2D eigenvalue weighted by Crippen LogP contribution is -2.39. The summed E-state index contributed by atoms with van der Waals surface area (Å²) in [5.41, 5.74) is 7.37. The van der Waals surface area contributed by atoms with E-state index in [2.05, 4.69) is 11.9 Å². The zero-order valence-electron chi connectivity index (χ0n) is 11.6. The van der Waals surface area contributed by atoms with Gasteiger partial charge in [-0.05, 0) is 30.2 Å². The first-order valence-electron chi connectivity index (χ1n) is 6.81. The zero-order valence-corrected chi connectivity index (χ0v) is 11.6. The molecule has 0 aliphatic carbocycles. The Kier molecular flexibility index (Phi) is 3.08. The van der Waals surface area contributed by atoms with Crippen LogP contribution in [-0.4, -0.2) is 36.6 Å². The van der Waals surface area contributed by atoms with E-state index in [0.717, 1.165) is 11.3 Å². The molecule has 21 heavy (non-hydrogen) atoms. The smallest absolute Gasteiger partial charge is 0.410 e. The molecule has 1 unspecified atom stereocenters. The van der Waals surface area contributed by atoms with Gasteiger partial charge in [0.15, 0.2) is 0 Å². The Morgan fingerprint density at radius 1 is 1.57 bits per heavy atom. The molecule has 3 rings (SSSR count). The Labute approximate surface area is 122 Å². The largest absolute Gasteiger partial charge is 0.445 e. The summed E-state index contributed by atoms with van der Waals surface area (Å²) in [6.07, 6.45) is 1.66. The third kappa shape index (κ3) is 2.03. The van der Waals surface area contributed by atoms with E-state index < -0.39 is 11.5 Å². The number of ether oxygens (including phenoxy) is 1. The average Bonchev–Trinajstić information content (AvgIpc) is 3.02. The van der Waals surface area contributed by atoms with Gasteiger partial charge in [0.05, 0.1) is 5.41 Å². The lowest BCUT2D eigenvalue weighted by Gasteiger charge is -2.22. The van der Waals surface area contributed by atoms with Gasteiger partial charge in [-0.15, -0.1) is 0 Å². The number of nitrogens with one attached hydrogen (secondary N) is 1. The summed E-state index contributed by atoms with van der Waals surface area (Å²) in [4.78, 5) is 25.9. The molecule has 1 atom stereocenters. The van der Waals surface area contributed by atoms with Crippen LogP contribution in [0.3, 0.4) is 0 Å². The minimum Gasteiger partial charge on any atom is -0.445 e. The van der Waals surface area contributed by atoms with Crippen molar-refractivity contribution in [3.8, 4) is 0 Å². The molecular formula is C15H17N3O3. The van der Waals surface area contributed by atoms with Crippen molar-refractivity contribution in [3.05, 3.63) is 36.4 Å². The predicted octanol–water partition coefficient (Wildman–Crippen LogP) is 1.49. The molecule has 1 saturated heterocycles. The minimum atomic E-state index is -0.710. The Balaban J connectivity index is 1.87. The van der Waals surface area contributed by atoms with E-state index in [1.807, 2.05) is 6.07 Å². The average molecular weight is 287 g/mol. The topological polar surface area (TPSA) is 84.7 Å². The van der Waals surface area contributed by atoms with Gasteiger partial charge in [0.2, 0.25) is 5.91 Å². The maximum Gasteiger partial charge on any atom is 0.410 e. The number of rotatable bonds is 2. The summed E-state index contributed by atoms with van der Waals surface area (Å²) in [7, 11) is 0. The third-order valence-corrected chi connectivity index (χ3v) is 4.09. The monoisotopic (exact) mass is 287 g/mol. The molecule has 2 heterocycles. The first-order valence-corrected chi connectivity index (χ1v) is 6.81. The predicted molar refractivity (Wildman–Crippen MR) is 78.9 cm³/mol. The number of fused-ring (bicyclic) bond motifs is 2. The fourth-order valence-corrected chi connectivity index (χ4v) is 3.02. The Morgan fingerprint density at radius 3 is 3.14 bits per heavy atom. The standard InChI is InChI=1S/C15H17N3O3/c1-2-7-21-14(20)18-6-5-15(9-18)11-8-10(16)3-4-12(11)17-13(15)19/h2-4,8H,1,5-7,9,16H2,(H,17,19). The van der Waals surface area contributed by atoms with Crippen LogP contribution in [0.1, 0.15) is 12.0 Å². The molecule has 0 saturated carbocycles. The van der Waals surface area contributed by atoms with Crippen molar-refractivity contribution in [3.63, 3.8) is 0 Å². The van der Waals surface area contributed by atoms with E-state index in [1.165, 1.54) is 6.08 Å². The van der Waals surface area contributed by atoms with Crippen LogP contribution in [0, 0.1) is 0 Å². The Hall–Kier alpha value is -2.50. The van der Waals surface area contributed by atoms with Gasteiger partial charge in [-0.2, -0.15) is 0 Å². The van der Waals surface area contributed by atoms with Gasteiger partial charge < -0.3 is 20.7 Å². The number of amides is 2. The number of carbonyl (C=O) groups excluding carboxylic acids is 2. The summed E-state index contributed by atoms with van der Waals surface area (Å²) in [6, 6.07) is 5.37. The van der Waals surface area contributed by atoms with Gasteiger partial charge in [0, 0.05) is 24.5 Å². The molecule has 1 aromatic rings. The van der Waals surface area contributed by atoms with Crippen LogP contribution in [0.15, 0.2) is 30.9 Å². The number of benzene rings is 1. The van der Waals surface area contributed by atoms with Crippen LogP contribution in [0.5, 0.6) is 0 Å². The number of nitrogen functional groups attached to an aromatic ring is 1. The Morgan fingerprint density at radius 2 is 2.38 bits per heavy atom. The van der Waals surface area contributed by atoms with Crippen LogP contribution in [-0.2, 0) is 14.9 Å². The van der Waals surface area contributed by atoms with Crippen LogP contribution in [0.2, 0.25) is 0 Å². The summed E-state index contributed by atoms with van der Waals surface area (Å²) in [5.74, 6) is -0.0814. The number of hydrogen-bond acceptors (Lipinski definition) is 4. The fraction of sp³-hybridized carbons (Fsp3) is 0.333. The molecular weight excluding hydrogens is 270 g/mol. The molecule has 2 amide bonds. The molecule has 3 N–H and O–H groups in total. The van der Waals surface area contributed by atoms with Gasteiger partial charge >= 0.3 is 6.09 Å². The summed E-state index contributed by atoms with van der Waals surface area (Å²) in [5, 5.41) is 2.87. The molecule has 0 radical (unpaired) electrons. The molecule has 1 fully saturated rings. The van der Waals surface area contributed by atoms with E-state index in [4.69, 9.17) is 10.5 Å².